The van der Waals surface area contributed by atoms with E-state index in [1.54, 1.807) is 23.6 Å². The van der Waals surface area contributed by atoms with Gasteiger partial charge in [0.2, 0.25) is 0 Å². The second-order valence-electron chi connectivity index (χ2n) is 6.94. The second-order valence-corrected chi connectivity index (χ2v) is 7.79. The quantitative estimate of drug-likeness (QED) is 0.888. The highest BCUT2D eigenvalue weighted by Gasteiger charge is 2.27. The van der Waals surface area contributed by atoms with Gasteiger partial charge in [-0.15, -0.1) is 11.3 Å². The molecule has 4 rings (SSSR count). The number of carbonyl (C=O) groups excluding carboxylic acids is 1. The predicted octanol–water partition coefficient (Wildman–Crippen LogP) is 3.55. The van der Waals surface area contributed by atoms with E-state index in [-0.39, 0.29) is 11.7 Å². The third-order valence-electron chi connectivity index (χ3n) is 5.00. The van der Waals surface area contributed by atoms with Crippen molar-refractivity contribution in [1.82, 2.24) is 15.2 Å². The molecule has 4 nitrogen and oxygen atoms in total. The number of piperidine rings is 1. The van der Waals surface area contributed by atoms with Crippen molar-refractivity contribution in [3.05, 3.63) is 41.2 Å². The third-order valence-corrected chi connectivity index (χ3v) is 5.88. The maximum atomic E-state index is 13.9. The molecular weight excluding hydrogens is 337 g/mol. The minimum Gasteiger partial charge on any atom is -0.337 e. The number of nitrogens with zero attached hydrogens (tertiary/aromatic N) is 2. The van der Waals surface area contributed by atoms with Crippen LogP contribution in [0.25, 0.3) is 10.6 Å². The average molecular weight is 359 g/mol. The average Bonchev–Trinajstić information content (AvgIpc) is 3.35. The molecule has 1 saturated heterocycles. The number of thiazole rings is 1. The summed E-state index contributed by atoms with van der Waals surface area (Å²) in [5.41, 5.74) is 0.877. The van der Waals surface area contributed by atoms with E-state index in [9.17, 15) is 9.18 Å². The maximum Gasteiger partial charge on any atom is 0.273 e. The first-order valence-electron chi connectivity index (χ1n) is 8.94. The number of likely N-dealkylation sites (tertiary alicyclic amines) is 1. The summed E-state index contributed by atoms with van der Waals surface area (Å²) < 4.78 is 13.9. The molecule has 1 aliphatic carbocycles. The van der Waals surface area contributed by atoms with Gasteiger partial charge in [0.15, 0.2) is 0 Å². The molecule has 25 heavy (non-hydrogen) atoms. The van der Waals surface area contributed by atoms with E-state index in [2.05, 4.69) is 10.3 Å². The SMILES string of the molecule is O=C(c1csc(-c2ccccc2F)n1)N1CCC(NCC2CC2)CC1. The fourth-order valence-electron chi connectivity index (χ4n) is 3.23. The molecule has 2 aliphatic rings. The van der Waals surface area contributed by atoms with Crippen LogP contribution < -0.4 is 5.32 Å². The van der Waals surface area contributed by atoms with Crippen molar-refractivity contribution in [3.63, 3.8) is 0 Å². The standard InChI is InChI=1S/C19H22FN3OS/c20-16-4-2-1-3-15(16)18-22-17(12-25-18)19(24)23-9-7-14(8-10-23)21-11-13-5-6-13/h1-4,12-14,21H,5-11H2. The molecule has 0 unspecified atom stereocenters. The Morgan fingerprint density at radius 2 is 2.00 bits per heavy atom. The summed E-state index contributed by atoms with van der Waals surface area (Å²) in [6.45, 7) is 2.64. The molecule has 2 fully saturated rings. The van der Waals surface area contributed by atoms with Crippen LogP contribution in [0.15, 0.2) is 29.6 Å². The van der Waals surface area contributed by atoms with Crippen LogP contribution in [0.2, 0.25) is 0 Å². The Kier molecular flexibility index (Phi) is 4.81. The smallest absolute Gasteiger partial charge is 0.273 e. The molecule has 0 radical (unpaired) electrons. The number of nitrogens with one attached hydrogen (secondary N) is 1. The summed E-state index contributed by atoms with van der Waals surface area (Å²) in [4.78, 5) is 18.9. The number of amides is 1. The van der Waals surface area contributed by atoms with Gasteiger partial charge in [0.25, 0.3) is 5.91 Å². The number of benzene rings is 1. The number of rotatable bonds is 5. The maximum absolute atomic E-state index is 13.9. The zero-order valence-electron chi connectivity index (χ0n) is 14.1. The Bertz CT molecular complexity index is 751. The topological polar surface area (TPSA) is 45.2 Å². The van der Waals surface area contributed by atoms with Crippen molar-refractivity contribution in [2.24, 2.45) is 5.92 Å². The van der Waals surface area contributed by atoms with Crippen LogP contribution in [0.3, 0.4) is 0 Å². The van der Waals surface area contributed by atoms with Crippen molar-refractivity contribution < 1.29 is 9.18 Å². The second kappa shape index (κ2) is 7.22. The highest BCUT2D eigenvalue weighted by Crippen LogP contribution is 2.29. The molecule has 132 valence electrons. The van der Waals surface area contributed by atoms with Gasteiger partial charge in [0.1, 0.15) is 16.5 Å². The largest absolute Gasteiger partial charge is 0.337 e. The first kappa shape index (κ1) is 16.7. The first-order valence-corrected chi connectivity index (χ1v) is 9.82. The van der Waals surface area contributed by atoms with Crippen molar-refractivity contribution in [2.45, 2.75) is 31.7 Å². The first-order chi connectivity index (χ1) is 12.2. The monoisotopic (exact) mass is 359 g/mol. The molecule has 1 saturated carbocycles. The van der Waals surface area contributed by atoms with Crippen LogP contribution in [-0.2, 0) is 0 Å². The van der Waals surface area contributed by atoms with Gasteiger partial charge >= 0.3 is 0 Å². The minimum absolute atomic E-state index is 0.0421. The van der Waals surface area contributed by atoms with Gasteiger partial charge in [-0.25, -0.2) is 9.37 Å². The van der Waals surface area contributed by atoms with Crippen LogP contribution in [0, 0.1) is 11.7 Å². The van der Waals surface area contributed by atoms with Gasteiger partial charge in [-0.2, -0.15) is 0 Å². The van der Waals surface area contributed by atoms with Crippen LogP contribution in [-0.4, -0.2) is 41.5 Å². The third kappa shape index (κ3) is 3.90. The highest BCUT2D eigenvalue weighted by atomic mass is 32.1. The summed E-state index contributed by atoms with van der Waals surface area (Å²) >= 11 is 1.32. The Morgan fingerprint density at radius 1 is 1.24 bits per heavy atom. The van der Waals surface area contributed by atoms with Crippen LogP contribution >= 0.6 is 11.3 Å². The molecule has 2 heterocycles. The molecular formula is C19H22FN3OS. The summed E-state index contributed by atoms with van der Waals surface area (Å²) in [6, 6.07) is 7.06. The molecule has 2 aromatic rings. The zero-order chi connectivity index (χ0) is 17.2. The minimum atomic E-state index is -0.307. The Morgan fingerprint density at radius 3 is 2.72 bits per heavy atom. The van der Waals surface area contributed by atoms with Crippen LogP contribution in [0.5, 0.6) is 0 Å². The fraction of sp³-hybridized carbons (Fsp3) is 0.474. The number of hydrogen-bond donors (Lipinski definition) is 1. The summed E-state index contributed by atoms with van der Waals surface area (Å²) in [6.07, 6.45) is 4.70. The van der Waals surface area contributed by atoms with Gasteiger partial charge in [-0.1, -0.05) is 12.1 Å². The fourth-order valence-corrected chi connectivity index (χ4v) is 4.05. The molecule has 6 heteroatoms. The highest BCUT2D eigenvalue weighted by molar-refractivity contribution is 7.13. The molecule has 1 amide bonds. The Labute approximate surface area is 151 Å². The molecule has 0 spiro atoms. The lowest BCUT2D eigenvalue weighted by Crippen LogP contribution is -2.45. The summed E-state index contributed by atoms with van der Waals surface area (Å²) in [5.74, 6) is 0.532. The van der Waals surface area contributed by atoms with E-state index < -0.39 is 0 Å². The van der Waals surface area contributed by atoms with Crippen molar-refractivity contribution >= 4 is 17.2 Å². The molecule has 1 aliphatic heterocycles. The predicted molar refractivity (Wildman–Crippen MR) is 97.2 cm³/mol. The van der Waals surface area contributed by atoms with Gasteiger partial charge < -0.3 is 10.2 Å². The zero-order valence-corrected chi connectivity index (χ0v) is 14.9. The number of aromatic nitrogens is 1. The molecule has 0 bridgehead atoms. The lowest BCUT2D eigenvalue weighted by atomic mass is 10.0. The number of halogens is 1. The molecule has 1 N–H and O–H groups in total. The van der Waals surface area contributed by atoms with Crippen LogP contribution in [0.4, 0.5) is 4.39 Å². The van der Waals surface area contributed by atoms with Gasteiger partial charge in [0.05, 0.1) is 0 Å². The van der Waals surface area contributed by atoms with Gasteiger partial charge in [0, 0.05) is 30.1 Å². The van der Waals surface area contributed by atoms with E-state index >= 15 is 0 Å². The Hall–Kier alpha value is -1.79. The molecule has 1 aromatic carbocycles. The van der Waals surface area contributed by atoms with Crippen LogP contribution in [0.1, 0.15) is 36.2 Å². The lowest BCUT2D eigenvalue weighted by molar-refractivity contribution is 0.0700. The van der Waals surface area contributed by atoms with E-state index in [1.165, 1.54) is 30.2 Å². The van der Waals surface area contributed by atoms with E-state index in [4.69, 9.17) is 0 Å². The van der Waals surface area contributed by atoms with Gasteiger partial charge in [-0.3, -0.25) is 4.79 Å². The number of hydrogen-bond acceptors (Lipinski definition) is 4. The van der Waals surface area contributed by atoms with E-state index in [0.717, 1.165) is 38.4 Å². The van der Waals surface area contributed by atoms with Crippen molar-refractivity contribution in [2.75, 3.05) is 19.6 Å². The lowest BCUT2D eigenvalue weighted by Gasteiger charge is -2.32. The van der Waals surface area contributed by atoms with Gasteiger partial charge in [-0.05, 0) is 50.3 Å². The summed E-state index contributed by atoms with van der Waals surface area (Å²) in [7, 11) is 0. The van der Waals surface area contributed by atoms with Crippen molar-refractivity contribution in [1.29, 1.82) is 0 Å². The Balaban J connectivity index is 1.36. The van der Waals surface area contributed by atoms with E-state index in [0.29, 0.717) is 22.3 Å². The number of carbonyl (C=O) groups is 1. The van der Waals surface area contributed by atoms with E-state index in [1.807, 2.05) is 4.90 Å². The van der Waals surface area contributed by atoms with Crippen molar-refractivity contribution in [3.8, 4) is 10.6 Å². The molecule has 1 aromatic heterocycles. The normalized spacial score (nSPS) is 18.5. The summed E-state index contributed by atoms with van der Waals surface area (Å²) in [5, 5.41) is 5.92. The molecule has 0 atom stereocenters.